The van der Waals surface area contributed by atoms with Gasteiger partial charge in [-0.3, -0.25) is 4.98 Å². The van der Waals surface area contributed by atoms with Crippen molar-refractivity contribution in [2.45, 2.75) is 17.9 Å². The summed E-state index contributed by atoms with van der Waals surface area (Å²) in [6.07, 6.45) is 4.07. The summed E-state index contributed by atoms with van der Waals surface area (Å²) in [5, 5.41) is 0. The Morgan fingerprint density at radius 3 is 2.43 bits per heavy atom. The molecule has 0 unspecified atom stereocenters. The molecule has 21 heavy (non-hydrogen) atoms. The molecule has 1 aromatic carbocycles. The Labute approximate surface area is 125 Å². The average molecular weight is 305 g/mol. The minimum absolute atomic E-state index is 0.287. The third-order valence-electron chi connectivity index (χ3n) is 3.19. The van der Waals surface area contributed by atoms with Crippen LogP contribution in [0.15, 0.2) is 53.7 Å². The molecule has 0 bridgehead atoms. The largest absolute Gasteiger partial charge is 0.330 e. The number of rotatable bonds is 6. The minimum Gasteiger partial charge on any atom is -0.330 e. The highest BCUT2D eigenvalue weighted by atomic mass is 32.2. The fourth-order valence-electron chi connectivity index (χ4n) is 2.01. The van der Waals surface area contributed by atoms with Crippen LogP contribution in [0.5, 0.6) is 0 Å². The molecule has 0 saturated carbocycles. The Hall–Kier alpha value is -1.76. The van der Waals surface area contributed by atoms with Gasteiger partial charge in [0.2, 0.25) is 10.0 Å². The van der Waals surface area contributed by atoms with Crippen LogP contribution >= 0.6 is 0 Å². The molecule has 0 fully saturated rings. The number of benzene rings is 1. The van der Waals surface area contributed by atoms with Crippen molar-refractivity contribution >= 4 is 10.0 Å². The van der Waals surface area contributed by atoms with Crippen molar-refractivity contribution in [3.8, 4) is 0 Å². The summed E-state index contributed by atoms with van der Waals surface area (Å²) in [4.78, 5) is 4.28. The standard InChI is InChI=1S/C15H19N3O2S/c1-18(12-14-3-2-10-17-11-14)21(19,20)15-6-4-13(5-7-15)8-9-16/h2-7,10-11H,8-9,12,16H2,1H3. The normalized spacial score (nSPS) is 11.8. The molecular weight excluding hydrogens is 286 g/mol. The number of pyridine rings is 1. The van der Waals surface area contributed by atoms with Gasteiger partial charge in [0.25, 0.3) is 0 Å². The molecule has 2 rings (SSSR count). The summed E-state index contributed by atoms with van der Waals surface area (Å²) in [5.74, 6) is 0. The second-order valence-electron chi connectivity index (χ2n) is 4.80. The molecule has 0 aliphatic rings. The molecule has 112 valence electrons. The van der Waals surface area contributed by atoms with E-state index in [1.54, 1.807) is 49.8 Å². The zero-order valence-corrected chi connectivity index (χ0v) is 12.8. The van der Waals surface area contributed by atoms with Crippen LogP contribution in [0.2, 0.25) is 0 Å². The van der Waals surface area contributed by atoms with E-state index in [-0.39, 0.29) is 4.90 Å². The molecule has 2 N–H and O–H groups in total. The van der Waals surface area contributed by atoms with Crippen molar-refractivity contribution in [1.82, 2.24) is 9.29 Å². The maximum atomic E-state index is 12.5. The van der Waals surface area contributed by atoms with Crippen LogP contribution in [0.4, 0.5) is 0 Å². The number of sulfonamides is 1. The smallest absolute Gasteiger partial charge is 0.243 e. The summed E-state index contributed by atoms with van der Waals surface area (Å²) < 4.78 is 26.3. The van der Waals surface area contributed by atoms with Gasteiger partial charge in [0.1, 0.15) is 0 Å². The van der Waals surface area contributed by atoms with Crippen LogP contribution in [-0.2, 0) is 23.0 Å². The van der Waals surface area contributed by atoms with Gasteiger partial charge >= 0.3 is 0 Å². The van der Waals surface area contributed by atoms with Gasteiger partial charge in [0.05, 0.1) is 4.90 Å². The summed E-state index contributed by atoms with van der Waals surface area (Å²) in [6, 6.07) is 10.5. The van der Waals surface area contributed by atoms with E-state index in [9.17, 15) is 8.42 Å². The summed E-state index contributed by atoms with van der Waals surface area (Å²) in [5.41, 5.74) is 7.37. The fraction of sp³-hybridized carbons (Fsp3) is 0.267. The first-order valence-corrected chi connectivity index (χ1v) is 8.12. The third-order valence-corrected chi connectivity index (χ3v) is 5.01. The molecule has 1 aromatic heterocycles. The van der Waals surface area contributed by atoms with Crippen molar-refractivity contribution in [2.75, 3.05) is 13.6 Å². The predicted molar refractivity (Wildman–Crippen MR) is 82.1 cm³/mol. The van der Waals surface area contributed by atoms with Gasteiger partial charge in [0.15, 0.2) is 0 Å². The van der Waals surface area contributed by atoms with E-state index in [2.05, 4.69) is 4.98 Å². The van der Waals surface area contributed by atoms with Crippen LogP contribution in [0.1, 0.15) is 11.1 Å². The Bertz CT molecular complexity index is 670. The Morgan fingerprint density at radius 1 is 1.14 bits per heavy atom. The maximum Gasteiger partial charge on any atom is 0.243 e. The SMILES string of the molecule is CN(Cc1cccnc1)S(=O)(=O)c1ccc(CCN)cc1. The van der Waals surface area contributed by atoms with Gasteiger partial charge < -0.3 is 5.73 Å². The summed E-state index contributed by atoms with van der Waals surface area (Å²) in [7, 11) is -1.93. The van der Waals surface area contributed by atoms with Gasteiger partial charge in [-0.25, -0.2) is 8.42 Å². The molecule has 0 atom stereocenters. The maximum absolute atomic E-state index is 12.5. The lowest BCUT2D eigenvalue weighted by atomic mass is 10.2. The number of hydrogen-bond acceptors (Lipinski definition) is 4. The van der Waals surface area contributed by atoms with Crippen LogP contribution in [0.25, 0.3) is 0 Å². The second-order valence-corrected chi connectivity index (χ2v) is 6.85. The molecule has 6 heteroatoms. The lowest BCUT2D eigenvalue weighted by Crippen LogP contribution is -2.26. The van der Waals surface area contributed by atoms with Crippen molar-refractivity contribution in [3.05, 3.63) is 59.9 Å². The summed E-state index contributed by atoms with van der Waals surface area (Å²) in [6.45, 7) is 0.841. The van der Waals surface area contributed by atoms with Gasteiger partial charge in [-0.15, -0.1) is 0 Å². The zero-order valence-electron chi connectivity index (χ0n) is 11.9. The van der Waals surface area contributed by atoms with E-state index in [1.807, 2.05) is 6.07 Å². The Morgan fingerprint density at radius 2 is 1.86 bits per heavy atom. The Balaban J connectivity index is 2.16. The van der Waals surface area contributed by atoms with Crippen LogP contribution < -0.4 is 5.73 Å². The van der Waals surface area contributed by atoms with E-state index in [1.165, 1.54) is 4.31 Å². The molecule has 2 aromatic rings. The van der Waals surface area contributed by atoms with E-state index >= 15 is 0 Å². The number of hydrogen-bond donors (Lipinski definition) is 1. The van der Waals surface area contributed by atoms with Crippen molar-refractivity contribution in [2.24, 2.45) is 5.73 Å². The molecule has 0 saturated heterocycles. The highest BCUT2D eigenvalue weighted by Gasteiger charge is 2.20. The van der Waals surface area contributed by atoms with Gasteiger partial charge in [-0.05, 0) is 42.3 Å². The number of aromatic nitrogens is 1. The third kappa shape index (κ3) is 3.87. The van der Waals surface area contributed by atoms with Crippen LogP contribution in [-0.4, -0.2) is 31.3 Å². The average Bonchev–Trinajstić information content (AvgIpc) is 2.49. The number of nitrogens with two attached hydrogens (primary N) is 1. The lowest BCUT2D eigenvalue weighted by molar-refractivity contribution is 0.466. The minimum atomic E-state index is -3.49. The molecule has 0 radical (unpaired) electrons. The van der Waals surface area contributed by atoms with E-state index in [4.69, 9.17) is 5.73 Å². The van der Waals surface area contributed by atoms with Crippen molar-refractivity contribution in [3.63, 3.8) is 0 Å². The zero-order chi connectivity index (χ0) is 15.3. The highest BCUT2D eigenvalue weighted by molar-refractivity contribution is 7.89. The lowest BCUT2D eigenvalue weighted by Gasteiger charge is -2.17. The van der Waals surface area contributed by atoms with E-state index in [0.717, 1.165) is 17.5 Å². The fourth-order valence-corrected chi connectivity index (χ4v) is 3.17. The van der Waals surface area contributed by atoms with Gasteiger partial charge in [0, 0.05) is 26.0 Å². The molecule has 0 aliphatic heterocycles. The molecule has 5 nitrogen and oxygen atoms in total. The van der Waals surface area contributed by atoms with E-state index in [0.29, 0.717) is 13.1 Å². The predicted octanol–water partition coefficient (Wildman–Crippen LogP) is 1.40. The van der Waals surface area contributed by atoms with E-state index < -0.39 is 10.0 Å². The topological polar surface area (TPSA) is 76.3 Å². The second kappa shape index (κ2) is 6.80. The van der Waals surface area contributed by atoms with Crippen molar-refractivity contribution < 1.29 is 8.42 Å². The van der Waals surface area contributed by atoms with Gasteiger partial charge in [-0.2, -0.15) is 4.31 Å². The molecule has 1 heterocycles. The first-order chi connectivity index (χ1) is 10.0. The van der Waals surface area contributed by atoms with Crippen LogP contribution in [0.3, 0.4) is 0 Å². The molecular formula is C15H19N3O2S. The number of nitrogens with zero attached hydrogens (tertiary/aromatic N) is 2. The monoisotopic (exact) mass is 305 g/mol. The molecule has 0 spiro atoms. The highest BCUT2D eigenvalue weighted by Crippen LogP contribution is 2.17. The van der Waals surface area contributed by atoms with Gasteiger partial charge in [-0.1, -0.05) is 18.2 Å². The molecule has 0 aliphatic carbocycles. The Kier molecular flexibility index (Phi) is 5.06. The summed E-state index contributed by atoms with van der Waals surface area (Å²) >= 11 is 0. The quantitative estimate of drug-likeness (QED) is 0.875. The van der Waals surface area contributed by atoms with Crippen LogP contribution in [0, 0.1) is 0 Å². The van der Waals surface area contributed by atoms with Crippen molar-refractivity contribution in [1.29, 1.82) is 0 Å². The first kappa shape index (κ1) is 15.6. The first-order valence-electron chi connectivity index (χ1n) is 6.68. The molecule has 0 amide bonds.